The lowest BCUT2D eigenvalue weighted by molar-refractivity contribution is -0.117. The molecule has 1 amide bonds. The number of anilines is 1. The van der Waals surface area contributed by atoms with E-state index >= 15 is 0 Å². The van der Waals surface area contributed by atoms with E-state index in [4.69, 9.17) is 0 Å². The average Bonchev–Trinajstić information content (AvgIpc) is 2.48. The van der Waals surface area contributed by atoms with E-state index in [0.29, 0.717) is 17.1 Å². The maximum atomic E-state index is 13.7. The SMILES string of the molecule is CCN(CC(=O)Nc1ccc(Br)cc1F)C1CCCNC1. The van der Waals surface area contributed by atoms with E-state index in [-0.39, 0.29) is 11.6 Å². The predicted molar refractivity (Wildman–Crippen MR) is 85.9 cm³/mol. The predicted octanol–water partition coefficient (Wildman–Crippen LogP) is 2.60. The van der Waals surface area contributed by atoms with Crippen LogP contribution in [0.4, 0.5) is 10.1 Å². The Morgan fingerprint density at radius 2 is 2.38 bits per heavy atom. The van der Waals surface area contributed by atoms with E-state index in [0.717, 1.165) is 32.5 Å². The third-order valence-electron chi connectivity index (χ3n) is 3.75. The van der Waals surface area contributed by atoms with Crippen LogP contribution >= 0.6 is 15.9 Å². The standard InChI is InChI=1S/C15H21BrFN3O/c1-2-20(12-4-3-7-18-9-12)10-15(21)19-14-6-5-11(16)8-13(14)17/h5-6,8,12,18H,2-4,7,9-10H2,1H3,(H,19,21). The van der Waals surface area contributed by atoms with Crippen LogP contribution in [-0.2, 0) is 4.79 Å². The molecule has 2 N–H and O–H groups in total. The number of piperidine rings is 1. The quantitative estimate of drug-likeness (QED) is 0.851. The van der Waals surface area contributed by atoms with Crippen molar-refractivity contribution >= 4 is 27.5 Å². The van der Waals surface area contributed by atoms with Crippen molar-refractivity contribution in [3.05, 3.63) is 28.5 Å². The van der Waals surface area contributed by atoms with Crippen LogP contribution in [-0.4, -0.2) is 43.0 Å². The van der Waals surface area contributed by atoms with E-state index in [2.05, 4.69) is 31.5 Å². The lowest BCUT2D eigenvalue weighted by Crippen LogP contribution is -2.48. The van der Waals surface area contributed by atoms with Crippen LogP contribution in [0, 0.1) is 5.82 Å². The highest BCUT2D eigenvalue weighted by Crippen LogP contribution is 2.19. The largest absolute Gasteiger partial charge is 0.322 e. The number of carbonyl (C=O) groups excluding carboxylic acids is 1. The minimum absolute atomic E-state index is 0.177. The summed E-state index contributed by atoms with van der Waals surface area (Å²) in [5.41, 5.74) is 0.223. The highest BCUT2D eigenvalue weighted by atomic mass is 79.9. The summed E-state index contributed by atoms with van der Waals surface area (Å²) in [5.74, 6) is -0.608. The zero-order valence-electron chi connectivity index (χ0n) is 12.2. The van der Waals surface area contributed by atoms with Crippen LogP contribution in [0.3, 0.4) is 0 Å². The van der Waals surface area contributed by atoms with Crippen LogP contribution in [0.25, 0.3) is 0 Å². The number of benzene rings is 1. The van der Waals surface area contributed by atoms with Gasteiger partial charge in [-0.25, -0.2) is 4.39 Å². The first-order valence-electron chi connectivity index (χ1n) is 7.30. The number of rotatable bonds is 5. The maximum Gasteiger partial charge on any atom is 0.238 e. The first-order valence-corrected chi connectivity index (χ1v) is 8.09. The molecule has 4 nitrogen and oxygen atoms in total. The van der Waals surface area contributed by atoms with Gasteiger partial charge in [-0.2, -0.15) is 0 Å². The van der Waals surface area contributed by atoms with Crippen molar-refractivity contribution in [1.82, 2.24) is 10.2 Å². The first kappa shape index (κ1) is 16.4. The zero-order chi connectivity index (χ0) is 15.2. The Labute approximate surface area is 133 Å². The number of likely N-dealkylation sites (N-methyl/N-ethyl adjacent to an activating group) is 1. The normalized spacial score (nSPS) is 18.8. The summed E-state index contributed by atoms with van der Waals surface area (Å²) in [4.78, 5) is 14.2. The number of nitrogens with zero attached hydrogens (tertiary/aromatic N) is 1. The van der Waals surface area contributed by atoms with Gasteiger partial charge in [0.2, 0.25) is 5.91 Å². The van der Waals surface area contributed by atoms with Gasteiger partial charge in [-0.15, -0.1) is 0 Å². The second kappa shape index (κ2) is 7.87. The summed E-state index contributed by atoms with van der Waals surface area (Å²) >= 11 is 3.20. The van der Waals surface area contributed by atoms with E-state index in [9.17, 15) is 9.18 Å². The molecule has 1 fully saturated rings. The minimum Gasteiger partial charge on any atom is -0.322 e. The molecule has 21 heavy (non-hydrogen) atoms. The van der Waals surface area contributed by atoms with Crippen LogP contribution in [0.2, 0.25) is 0 Å². The van der Waals surface area contributed by atoms with E-state index in [1.807, 2.05) is 6.92 Å². The highest BCUT2D eigenvalue weighted by molar-refractivity contribution is 9.10. The fourth-order valence-corrected chi connectivity index (χ4v) is 2.94. The summed E-state index contributed by atoms with van der Waals surface area (Å²) < 4.78 is 14.4. The minimum atomic E-state index is -0.430. The van der Waals surface area contributed by atoms with Crippen LogP contribution in [0.1, 0.15) is 19.8 Å². The third-order valence-corrected chi connectivity index (χ3v) is 4.24. The van der Waals surface area contributed by atoms with Gasteiger partial charge in [0.05, 0.1) is 12.2 Å². The van der Waals surface area contributed by atoms with Crippen molar-refractivity contribution in [3.63, 3.8) is 0 Å². The second-order valence-electron chi connectivity index (χ2n) is 5.24. The third kappa shape index (κ3) is 4.76. The summed E-state index contributed by atoms with van der Waals surface area (Å²) in [6.07, 6.45) is 2.23. The van der Waals surface area contributed by atoms with Gasteiger partial charge in [-0.1, -0.05) is 22.9 Å². The number of nitrogens with one attached hydrogen (secondary N) is 2. The zero-order valence-corrected chi connectivity index (χ0v) is 13.7. The molecule has 0 saturated carbocycles. The summed E-state index contributed by atoms with van der Waals surface area (Å²) in [6.45, 7) is 5.10. The van der Waals surface area contributed by atoms with Crippen molar-refractivity contribution in [1.29, 1.82) is 0 Å². The van der Waals surface area contributed by atoms with Gasteiger partial charge in [0.15, 0.2) is 0 Å². The molecule has 0 radical (unpaired) electrons. The lowest BCUT2D eigenvalue weighted by Gasteiger charge is -2.33. The van der Waals surface area contributed by atoms with Crippen molar-refractivity contribution < 1.29 is 9.18 Å². The second-order valence-corrected chi connectivity index (χ2v) is 6.15. The number of carbonyl (C=O) groups is 1. The molecule has 0 aliphatic carbocycles. The van der Waals surface area contributed by atoms with Crippen molar-refractivity contribution in [2.75, 3.05) is 31.5 Å². The van der Waals surface area contributed by atoms with Gasteiger partial charge in [-0.3, -0.25) is 9.69 Å². The monoisotopic (exact) mass is 357 g/mol. The van der Waals surface area contributed by atoms with E-state index in [1.54, 1.807) is 12.1 Å². The van der Waals surface area contributed by atoms with Gasteiger partial charge in [0.25, 0.3) is 0 Å². The summed E-state index contributed by atoms with van der Waals surface area (Å²) in [7, 11) is 0. The van der Waals surface area contributed by atoms with E-state index in [1.165, 1.54) is 6.07 Å². The topological polar surface area (TPSA) is 44.4 Å². The molecule has 1 atom stereocenters. The molecule has 0 aromatic heterocycles. The smallest absolute Gasteiger partial charge is 0.238 e. The van der Waals surface area contributed by atoms with Crippen molar-refractivity contribution in [2.45, 2.75) is 25.8 Å². The molecule has 2 rings (SSSR count). The molecule has 116 valence electrons. The van der Waals surface area contributed by atoms with Crippen LogP contribution in [0.15, 0.2) is 22.7 Å². The van der Waals surface area contributed by atoms with Crippen LogP contribution in [0.5, 0.6) is 0 Å². The Kier molecular flexibility index (Phi) is 6.14. The van der Waals surface area contributed by atoms with Gasteiger partial charge in [0, 0.05) is 17.1 Å². The van der Waals surface area contributed by atoms with Crippen LogP contribution < -0.4 is 10.6 Å². The fraction of sp³-hybridized carbons (Fsp3) is 0.533. The molecule has 0 bridgehead atoms. The molecule has 0 spiro atoms. The van der Waals surface area contributed by atoms with Gasteiger partial charge in [0.1, 0.15) is 5.82 Å². The Hall–Kier alpha value is -0.980. The summed E-state index contributed by atoms with van der Waals surface area (Å²) in [5, 5.41) is 5.99. The molecule has 1 unspecified atom stereocenters. The maximum absolute atomic E-state index is 13.7. The van der Waals surface area contributed by atoms with Gasteiger partial charge < -0.3 is 10.6 Å². The number of hydrogen-bond acceptors (Lipinski definition) is 3. The molecule has 1 aliphatic rings. The summed E-state index contributed by atoms with van der Waals surface area (Å²) in [6, 6.07) is 5.00. The average molecular weight is 358 g/mol. The molecule has 1 saturated heterocycles. The lowest BCUT2D eigenvalue weighted by atomic mass is 10.1. The highest BCUT2D eigenvalue weighted by Gasteiger charge is 2.21. The van der Waals surface area contributed by atoms with Gasteiger partial charge in [-0.05, 0) is 44.1 Å². The number of halogens is 2. The van der Waals surface area contributed by atoms with Gasteiger partial charge >= 0.3 is 0 Å². The molecule has 1 aromatic carbocycles. The Morgan fingerprint density at radius 1 is 1.57 bits per heavy atom. The van der Waals surface area contributed by atoms with Crippen molar-refractivity contribution in [2.24, 2.45) is 0 Å². The van der Waals surface area contributed by atoms with Crippen molar-refractivity contribution in [3.8, 4) is 0 Å². The molecule has 1 heterocycles. The molecule has 1 aliphatic heterocycles. The number of hydrogen-bond donors (Lipinski definition) is 2. The first-order chi connectivity index (χ1) is 10.1. The molecular formula is C15H21BrFN3O. The Balaban J connectivity index is 1.92. The Morgan fingerprint density at radius 3 is 3.00 bits per heavy atom. The molecular weight excluding hydrogens is 337 g/mol. The Bertz CT molecular complexity index is 492. The fourth-order valence-electron chi connectivity index (χ4n) is 2.61. The van der Waals surface area contributed by atoms with E-state index < -0.39 is 5.82 Å². The number of amides is 1. The molecule has 1 aromatic rings. The molecule has 6 heteroatoms.